The van der Waals surface area contributed by atoms with Crippen LogP contribution < -0.4 is 15.6 Å². The van der Waals surface area contributed by atoms with Crippen LogP contribution in [0.2, 0.25) is 0 Å². The first-order valence-electron chi connectivity index (χ1n) is 10.6. The van der Waals surface area contributed by atoms with E-state index in [1.807, 2.05) is 13.8 Å². The molecule has 0 aliphatic carbocycles. The molecule has 0 spiro atoms. The molecule has 1 aliphatic heterocycles. The van der Waals surface area contributed by atoms with Crippen LogP contribution in [0, 0.1) is 0 Å². The smallest absolute Gasteiger partial charge is 0.247 e. The van der Waals surface area contributed by atoms with Crippen LogP contribution in [0.25, 0.3) is 0 Å². The van der Waals surface area contributed by atoms with Crippen molar-refractivity contribution in [2.45, 2.75) is 25.9 Å². The molecule has 2 N–H and O–H groups in total. The van der Waals surface area contributed by atoms with Gasteiger partial charge in [-0.1, -0.05) is 60.7 Å². The Morgan fingerprint density at radius 3 is 2.00 bits per heavy atom. The van der Waals surface area contributed by atoms with E-state index in [9.17, 15) is 4.79 Å². The minimum absolute atomic E-state index is 0.0430. The van der Waals surface area contributed by atoms with E-state index in [0.29, 0.717) is 11.5 Å². The Hall–Kier alpha value is -3.12. The van der Waals surface area contributed by atoms with E-state index in [2.05, 4.69) is 86.0 Å². The van der Waals surface area contributed by atoms with Gasteiger partial charge in [0.1, 0.15) is 5.69 Å². The molecule has 3 aromatic rings. The van der Waals surface area contributed by atoms with Crippen molar-refractivity contribution in [3.63, 3.8) is 0 Å². The average molecular weight is 404 g/mol. The highest BCUT2D eigenvalue weighted by Crippen LogP contribution is 2.29. The van der Waals surface area contributed by atoms with Crippen LogP contribution in [0.3, 0.4) is 0 Å². The summed E-state index contributed by atoms with van der Waals surface area (Å²) in [4.78, 5) is 17.5. The van der Waals surface area contributed by atoms with Gasteiger partial charge in [-0.05, 0) is 25.0 Å². The molecule has 1 saturated heterocycles. The van der Waals surface area contributed by atoms with Crippen LogP contribution in [-0.4, -0.2) is 47.3 Å². The lowest BCUT2D eigenvalue weighted by molar-refractivity contribution is 0.212. The zero-order chi connectivity index (χ0) is 20.9. The summed E-state index contributed by atoms with van der Waals surface area (Å²) >= 11 is 0. The Bertz CT molecular complexity index is 955. The van der Waals surface area contributed by atoms with Crippen molar-refractivity contribution < 1.29 is 0 Å². The van der Waals surface area contributed by atoms with Crippen LogP contribution in [0.5, 0.6) is 0 Å². The van der Waals surface area contributed by atoms with Gasteiger partial charge >= 0.3 is 0 Å². The number of anilines is 2. The number of aromatic amines is 1. The predicted molar refractivity (Wildman–Crippen MR) is 122 cm³/mol. The highest BCUT2D eigenvalue weighted by Gasteiger charge is 2.27. The molecule has 1 fully saturated rings. The number of rotatable bonds is 6. The highest BCUT2D eigenvalue weighted by atomic mass is 16.1. The van der Waals surface area contributed by atoms with Crippen molar-refractivity contribution in [2.24, 2.45) is 0 Å². The first-order valence-corrected chi connectivity index (χ1v) is 10.6. The lowest BCUT2D eigenvalue weighted by atomic mass is 9.96. The number of piperazine rings is 1. The molecule has 6 nitrogen and oxygen atoms in total. The molecule has 6 heteroatoms. The van der Waals surface area contributed by atoms with Gasteiger partial charge in [0.05, 0.1) is 6.04 Å². The largest absolute Gasteiger partial charge is 0.364 e. The molecule has 1 aliphatic rings. The molecular weight excluding hydrogens is 374 g/mol. The summed E-state index contributed by atoms with van der Waals surface area (Å²) < 4.78 is 0. The minimum atomic E-state index is -0.0430. The molecule has 0 atom stereocenters. The Kier molecular flexibility index (Phi) is 6.14. The molecule has 0 saturated carbocycles. The van der Waals surface area contributed by atoms with Crippen LogP contribution >= 0.6 is 0 Å². The van der Waals surface area contributed by atoms with E-state index in [1.165, 1.54) is 11.1 Å². The maximum Gasteiger partial charge on any atom is 0.247 e. The monoisotopic (exact) mass is 403 g/mol. The maximum atomic E-state index is 12.9. The summed E-state index contributed by atoms with van der Waals surface area (Å²) in [5.74, 6) is 0.386. The number of nitrogens with one attached hydrogen (secondary N) is 2. The Labute approximate surface area is 177 Å². The van der Waals surface area contributed by atoms with Crippen LogP contribution in [0.4, 0.5) is 11.5 Å². The molecule has 156 valence electrons. The fourth-order valence-electron chi connectivity index (χ4n) is 4.11. The van der Waals surface area contributed by atoms with E-state index in [0.717, 1.165) is 26.2 Å². The maximum absolute atomic E-state index is 12.9. The van der Waals surface area contributed by atoms with E-state index in [4.69, 9.17) is 0 Å². The third-order valence-electron chi connectivity index (χ3n) is 5.50. The molecule has 30 heavy (non-hydrogen) atoms. The van der Waals surface area contributed by atoms with Gasteiger partial charge in [-0.25, -0.2) is 0 Å². The van der Waals surface area contributed by atoms with Gasteiger partial charge < -0.3 is 10.2 Å². The molecular formula is C24H29N5O. The molecule has 0 unspecified atom stereocenters. The van der Waals surface area contributed by atoms with Gasteiger partial charge in [-0.3, -0.25) is 14.8 Å². The van der Waals surface area contributed by atoms with E-state index < -0.39 is 0 Å². The van der Waals surface area contributed by atoms with Crippen molar-refractivity contribution in [3.8, 4) is 0 Å². The van der Waals surface area contributed by atoms with Gasteiger partial charge in [0.25, 0.3) is 0 Å². The lowest BCUT2D eigenvalue weighted by Crippen LogP contribution is -2.49. The van der Waals surface area contributed by atoms with Gasteiger partial charge in [-0.2, -0.15) is 5.10 Å². The van der Waals surface area contributed by atoms with Crippen LogP contribution in [0.1, 0.15) is 31.0 Å². The standard InChI is InChI=1S/C24H29N5O/c1-18(2)26-24-23(30)21(17-25-27-24)28-13-15-29(16-14-28)22(19-9-5-3-6-10-19)20-11-7-4-8-12-20/h3-12,17-18,22H,13-16H2,1-2H3,(H,25,30)(H,26,27). The summed E-state index contributed by atoms with van der Waals surface area (Å²) in [6, 6.07) is 21.7. The molecule has 0 amide bonds. The fourth-order valence-corrected chi connectivity index (χ4v) is 4.11. The minimum Gasteiger partial charge on any atom is -0.364 e. The number of hydrogen-bond donors (Lipinski definition) is 2. The average Bonchev–Trinajstić information content (AvgIpc) is 2.77. The molecule has 0 radical (unpaired) electrons. The normalized spacial score (nSPS) is 15.0. The van der Waals surface area contributed by atoms with Gasteiger partial charge in [-0.15, -0.1) is 0 Å². The van der Waals surface area contributed by atoms with Gasteiger partial charge in [0.15, 0.2) is 5.82 Å². The lowest BCUT2D eigenvalue weighted by Gasteiger charge is -2.40. The number of nitrogens with zero attached hydrogens (tertiary/aromatic N) is 3. The van der Waals surface area contributed by atoms with Crippen molar-refractivity contribution >= 4 is 11.5 Å². The Morgan fingerprint density at radius 2 is 1.47 bits per heavy atom. The second-order valence-electron chi connectivity index (χ2n) is 7.99. The summed E-state index contributed by atoms with van der Waals surface area (Å²) in [7, 11) is 0. The molecule has 2 aromatic carbocycles. The van der Waals surface area contributed by atoms with Crippen molar-refractivity contribution in [1.29, 1.82) is 0 Å². The summed E-state index contributed by atoms with van der Waals surface area (Å²) in [5.41, 5.74) is 3.23. The van der Waals surface area contributed by atoms with Crippen molar-refractivity contribution in [1.82, 2.24) is 15.1 Å². The van der Waals surface area contributed by atoms with Gasteiger partial charge in [0, 0.05) is 38.4 Å². The SMILES string of the molecule is CC(C)Nc1n[nH]cc(N2CCN(C(c3ccccc3)c3ccccc3)CC2)c1=O. The third kappa shape index (κ3) is 4.39. The van der Waals surface area contributed by atoms with E-state index >= 15 is 0 Å². The zero-order valence-corrected chi connectivity index (χ0v) is 17.6. The topological polar surface area (TPSA) is 64.3 Å². The van der Waals surface area contributed by atoms with Crippen LogP contribution in [0.15, 0.2) is 71.7 Å². The van der Waals surface area contributed by atoms with Crippen molar-refractivity contribution in [2.75, 3.05) is 36.4 Å². The second kappa shape index (κ2) is 9.13. The first kappa shape index (κ1) is 20.2. The first-order chi connectivity index (χ1) is 14.6. The van der Waals surface area contributed by atoms with Crippen LogP contribution in [-0.2, 0) is 0 Å². The van der Waals surface area contributed by atoms with E-state index in [-0.39, 0.29) is 17.5 Å². The Balaban J connectivity index is 1.54. The third-order valence-corrected chi connectivity index (χ3v) is 5.50. The summed E-state index contributed by atoms with van der Waals surface area (Å²) in [6.45, 7) is 7.35. The van der Waals surface area contributed by atoms with Gasteiger partial charge in [0.2, 0.25) is 5.43 Å². The molecule has 4 rings (SSSR count). The molecule has 2 heterocycles. The number of H-pyrrole nitrogens is 1. The summed E-state index contributed by atoms with van der Waals surface area (Å²) in [6.07, 6.45) is 1.72. The molecule has 1 aromatic heterocycles. The Morgan fingerprint density at radius 1 is 0.900 bits per heavy atom. The second-order valence-corrected chi connectivity index (χ2v) is 7.99. The van der Waals surface area contributed by atoms with E-state index in [1.54, 1.807) is 6.20 Å². The van der Waals surface area contributed by atoms with Crippen molar-refractivity contribution in [3.05, 3.63) is 88.2 Å². The predicted octanol–water partition coefficient (Wildman–Crippen LogP) is 3.50. The quantitative estimate of drug-likeness (QED) is 0.660. The fraction of sp³-hybridized carbons (Fsp3) is 0.333. The number of hydrogen-bond acceptors (Lipinski definition) is 5. The number of aromatic nitrogens is 2. The highest BCUT2D eigenvalue weighted by molar-refractivity contribution is 5.52. The zero-order valence-electron chi connectivity index (χ0n) is 17.6. The molecule has 0 bridgehead atoms. The summed E-state index contributed by atoms with van der Waals surface area (Å²) in [5, 5.41) is 10.1. The number of benzene rings is 2.